The van der Waals surface area contributed by atoms with Gasteiger partial charge in [0.25, 0.3) is 17.1 Å². The maximum absolute atomic E-state index is 12.2. The van der Waals surface area contributed by atoms with Crippen LogP contribution in [0.1, 0.15) is 15.9 Å². The first-order chi connectivity index (χ1) is 11.5. The van der Waals surface area contributed by atoms with Gasteiger partial charge in [-0.2, -0.15) is 0 Å². The van der Waals surface area contributed by atoms with Gasteiger partial charge in [0.1, 0.15) is 0 Å². The molecule has 1 aliphatic heterocycles. The number of carbonyl (C=O) groups excluding carboxylic acids is 3. The number of nitrogens with two attached hydrogens (primary N) is 1. The summed E-state index contributed by atoms with van der Waals surface area (Å²) in [5.41, 5.74) is 8.01. The van der Waals surface area contributed by atoms with E-state index in [1.165, 1.54) is 0 Å². The molecule has 120 valence electrons. The molecule has 1 aliphatic rings. The summed E-state index contributed by atoms with van der Waals surface area (Å²) in [6.07, 6.45) is 1.60. The summed E-state index contributed by atoms with van der Waals surface area (Å²) in [6.45, 7) is 0. The molecule has 0 aliphatic carbocycles. The van der Waals surface area contributed by atoms with Crippen molar-refractivity contribution in [3.05, 3.63) is 64.6 Å². The van der Waals surface area contributed by atoms with Crippen molar-refractivity contribution in [2.45, 2.75) is 0 Å². The summed E-state index contributed by atoms with van der Waals surface area (Å²) in [6, 6.07) is 13.7. The highest BCUT2D eigenvalue weighted by molar-refractivity contribution is 8.18. The zero-order valence-electron chi connectivity index (χ0n) is 12.4. The molecule has 0 radical (unpaired) electrons. The molecule has 0 saturated carbocycles. The average Bonchev–Trinajstić information content (AvgIpc) is 2.88. The van der Waals surface area contributed by atoms with Gasteiger partial charge in [-0.1, -0.05) is 24.3 Å². The van der Waals surface area contributed by atoms with Crippen LogP contribution >= 0.6 is 11.8 Å². The second kappa shape index (κ2) is 6.59. The molecule has 0 unspecified atom stereocenters. The van der Waals surface area contributed by atoms with Gasteiger partial charge in [0.15, 0.2) is 0 Å². The highest BCUT2D eigenvalue weighted by Gasteiger charge is 2.24. The first-order valence-corrected chi connectivity index (χ1v) is 7.85. The zero-order valence-corrected chi connectivity index (χ0v) is 13.2. The van der Waals surface area contributed by atoms with Crippen LogP contribution in [0.25, 0.3) is 6.08 Å². The number of thioether (sulfide) groups is 1. The van der Waals surface area contributed by atoms with E-state index < -0.39 is 5.91 Å². The fourth-order valence-corrected chi connectivity index (χ4v) is 2.79. The number of rotatable bonds is 3. The Hall–Kier alpha value is -3.06. The third-order valence-electron chi connectivity index (χ3n) is 3.32. The smallest absolute Gasteiger partial charge is 0.290 e. The van der Waals surface area contributed by atoms with Crippen LogP contribution in [0.5, 0.6) is 0 Å². The Morgan fingerprint density at radius 3 is 2.42 bits per heavy atom. The number of nitrogen functional groups attached to an aromatic ring is 1. The number of hydrogen-bond acceptors (Lipinski definition) is 5. The lowest BCUT2D eigenvalue weighted by Crippen LogP contribution is -2.17. The van der Waals surface area contributed by atoms with Gasteiger partial charge in [0.05, 0.1) is 16.3 Å². The zero-order chi connectivity index (χ0) is 17.1. The summed E-state index contributed by atoms with van der Waals surface area (Å²) in [5, 5.41) is 4.54. The maximum atomic E-state index is 12.2. The van der Waals surface area contributed by atoms with Crippen molar-refractivity contribution in [3.8, 4) is 0 Å². The lowest BCUT2D eigenvalue weighted by molar-refractivity contribution is -0.115. The first kappa shape index (κ1) is 15.8. The number of nitrogens with one attached hydrogen (secondary N) is 2. The van der Waals surface area contributed by atoms with Gasteiger partial charge in [0, 0.05) is 5.56 Å². The molecule has 1 fully saturated rings. The van der Waals surface area contributed by atoms with Gasteiger partial charge in [-0.05, 0) is 47.7 Å². The van der Waals surface area contributed by atoms with Crippen molar-refractivity contribution in [1.82, 2.24) is 5.32 Å². The summed E-state index contributed by atoms with van der Waals surface area (Å²) in [5.74, 6) is -0.693. The van der Waals surface area contributed by atoms with Gasteiger partial charge in [-0.15, -0.1) is 0 Å². The van der Waals surface area contributed by atoms with Gasteiger partial charge < -0.3 is 11.1 Å². The highest BCUT2D eigenvalue weighted by Crippen LogP contribution is 2.25. The predicted octanol–water partition coefficient (Wildman–Crippen LogP) is 2.85. The van der Waals surface area contributed by atoms with Crippen LogP contribution in [0.3, 0.4) is 0 Å². The van der Waals surface area contributed by atoms with E-state index in [9.17, 15) is 14.4 Å². The minimum atomic E-state index is -0.411. The van der Waals surface area contributed by atoms with E-state index in [1.807, 2.05) is 0 Å². The molecule has 1 heterocycles. The van der Waals surface area contributed by atoms with Crippen LogP contribution in [0.15, 0.2) is 53.4 Å². The SMILES string of the molecule is Nc1ccccc1NC(=O)c1ccc(C=C2SC(=O)NC2=O)cc1. The Morgan fingerprint density at radius 1 is 1.08 bits per heavy atom. The number of amides is 3. The summed E-state index contributed by atoms with van der Waals surface area (Å²) < 4.78 is 0. The second-order valence-electron chi connectivity index (χ2n) is 5.02. The average molecular weight is 339 g/mol. The fourth-order valence-electron chi connectivity index (χ4n) is 2.11. The van der Waals surface area contributed by atoms with Crippen LogP contribution in [0.4, 0.5) is 16.2 Å². The third kappa shape index (κ3) is 3.47. The van der Waals surface area contributed by atoms with E-state index in [-0.39, 0.29) is 11.1 Å². The van der Waals surface area contributed by atoms with Crippen molar-refractivity contribution in [2.75, 3.05) is 11.1 Å². The minimum Gasteiger partial charge on any atom is -0.397 e. The number of anilines is 2. The standard InChI is InChI=1S/C17H13N3O3S/c18-12-3-1-2-4-13(12)19-15(21)11-7-5-10(6-8-11)9-14-16(22)20-17(23)24-14/h1-9H,18H2,(H,19,21)(H,20,22,23). The van der Waals surface area contributed by atoms with E-state index in [4.69, 9.17) is 5.73 Å². The molecular weight excluding hydrogens is 326 g/mol. The van der Waals surface area contributed by atoms with Crippen LogP contribution in [0.2, 0.25) is 0 Å². The van der Waals surface area contributed by atoms with Crippen LogP contribution in [-0.2, 0) is 4.79 Å². The van der Waals surface area contributed by atoms with Crippen LogP contribution < -0.4 is 16.4 Å². The highest BCUT2D eigenvalue weighted by atomic mass is 32.2. The fraction of sp³-hybridized carbons (Fsp3) is 0. The number of hydrogen-bond donors (Lipinski definition) is 3. The molecule has 7 heteroatoms. The molecule has 2 aromatic rings. The Labute approximate surface area is 142 Å². The van der Waals surface area contributed by atoms with Gasteiger partial charge in [0.2, 0.25) is 0 Å². The molecule has 4 N–H and O–H groups in total. The van der Waals surface area contributed by atoms with E-state index in [2.05, 4.69) is 10.6 Å². The summed E-state index contributed by atoms with van der Waals surface area (Å²) in [7, 11) is 0. The Balaban J connectivity index is 1.74. The summed E-state index contributed by atoms with van der Waals surface area (Å²) >= 11 is 0.851. The molecule has 2 aromatic carbocycles. The van der Waals surface area contributed by atoms with Crippen molar-refractivity contribution in [3.63, 3.8) is 0 Å². The number of carbonyl (C=O) groups is 3. The molecule has 0 aromatic heterocycles. The maximum Gasteiger partial charge on any atom is 0.290 e. The van der Waals surface area contributed by atoms with E-state index >= 15 is 0 Å². The van der Waals surface area contributed by atoms with Crippen LogP contribution in [-0.4, -0.2) is 17.1 Å². The second-order valence-corrected chi connectivity index (χ2v) is 6.03. The van der Waals surface area contributed by atoms with E-state index in [0.29, 0.717) is 21.8 Å². The Morgan fingerprint density at radius 2 is 1.79 bits per heavy atom. The van der Waals surface area contributed by atoms with E-state index in [0.717, 1.165) is 17.3 Å². The molecule has 3 rings (SSSR count). The predicted molar refractivity (Wildman–Crippen MR) is 94.4 cm³/mol. The lowest BCUT2D eigenvalue weighted by Gasteiger charge is -2.08. The minimum absolute atomic E-state index is 0.282. The van der Waals surface area contributed by atoms with Crippen molar-refractivity contribution in [1.29, 1.82) is 0 Å². The molecule has 0 atom stereocenters. The largest absolute Gasteiger partial charge is 0.397 e. The molecular formula is C17H13N3O3S. The van der Waals surface area contributed by atoms with E-state index in [1.54, 1.807) is 54.6 Å². The van der Waals surface area contributed by atoms with Gasteiger partial charge in [-0.3, -0.25) is 19.7 Å². The molecule has 1 saturated heterocycles. The molecule has 0 bridgehead atoms. The molecule has 6 nitrogen and oxygen atoms in total. The monoisotopic (exact) mass is 339 g/mol. The van der Waals surface area contributed by atoms with Crippen molar-refractivity contribution < 1.29 is 14.4 Å². The summed E-state index contributed by atoms with van der Waals surface area (Å²) in [4.78, 5) is 35.2. The normalized spacial score (nSPS) is 15.4. The lowest BCUT2D eigenvalue weighted by atomic mass is 10.1. The van der Waals surface area contributed by atoms with Gasteiger partial charge in [-0.25, -0.2) is 0 Å². The topological polar surface area (TPSA) is 101 Å². The molecule has 24 heavy (non-hydrogen) atoms. The van der Waals surface area contributed by atoms with Gasteiger partial charge >= 0.3 is 0 Å². The first-order valence-electron chi connectivity index (χ1n) is 7.04. The van der Waals surface area contributed by atoms with Crippen molar-refractivity contribution in [2.24, 2.45) is 0 Å². The number of benzene rings is 2. The quantitative estimate of drug-likeness (QED) is 0.589. The Bertz CT molecular complexity index is 860. The Kier molecular flexibility index (Phi) is 4.35. The molecule has 0 spiro atoms. The number of imide groups is 1. The van der Waals surface area contributed by atoms with Crippen molar-refractivity contribution >= 4 is 46.3 Å². The molecule has 3 amide bonds. The number of para-hydroxylation sites is 2. The van der Waals surface area contributed by atoms with Crippen LogP contribution in [0, 0.1) is 0 Å². The third-order valence-corrected chi connectivity index (χ3v) is 4.13.